The SMILES string of the molecule is Cc1ccc(F)cc1CNC[C@@]1(O)CCOC1. The lowest BCUT2D eigenvalue weighted by Crippen LogP contribution is -2.40. The molecule has 1 atom stereocenters. The van der Waals surface area contributed by atoms with Gasteiger partial charge in [0.2, 0.25) is 0 Å². The second-order valence-corrected chi connectivity index (χ2v) is 4.70. The van der Waals surface area contributed by atoms with E-state index in [4.69, 9.17) is 4.74 Å². The summed E-state index contributed by atoms with van der Waals surface area (Å²) in [6.45, 7) is 3.97. The number of nitrogens with one attached hydrogen (secondary N) is 1. The van der Waals surface area contributed by atoms with Crippen molar-refractivity contribution in [3.05, 3.63) is 35.1 Å². The van der Waals surface area contributed by atoms with Crippen LogP contribution in [0.4, 0.5) is 4.39 Å². The molecule has 94 valence electrons. The lowest BCUT2D eigenvalue weighted by atomic mass is 10.0. The average Bonchev–Trinajstić information content (AvgIpc) is 2.71. The molecule has 1 fully saturated rings. The smallest absolute Gasteiger partial charge is 0.123 e. The summed E-state index contributed by atoms with van der Waals surface area (Å²) in [6.07, 6.45) is 0.655. The summed E-state index contributed by atoms with van der Waals surface area (Å²) >= 11 is 0. The lowest BCUT2D eigenvalue weighted by molar-refractivity contribution is 0.0268. The topological polar surface area (TPSA) is 41.5 Å². The first kappa shape index (κ1) is 12.5. The molecule has 0 saturated carbocycles. The number of aliphatic hydroxyl groups is 1. The lowest BCUT2D eigenvalue weighted by Gasteiger charge is -2.21. The molecule has 1 heterocycles. The van der Waals surface area contributed by atoms with Crippen molar-refractivity contribution in [3.63, 3.8) is 0 Å². The van der Waals surface area contributed by atoms with Gasteiger partial charge in [0.1, 0.15) is 11.4 Å². The zero-order valence-corrected chi connectivity index (χ0v) is 10.0. The van der Waals surface area contributed by atoms with E-state index < -0.39 is 5.60 Å². The molecular formula is C13H18FNO2. The minimum atomic E-state index is -0.763. The molecule has 1 saturated heterocycles. The van der Waals surface area contributed by atoms with Gasteiger partial charge >= 0.3 is 0 Å². The molecule has 17 heavy (non-hydrogen) atoms. The number of ether oxygens (including phenoxy) is 1. The van der Waals surface area contributed by atoms with Crippen LogP contribution in [0.15, 0.2) is 18.2 Å². The molecule has 1 aromatic rings. The molecule has 0 radical (unpaired) electrons. The van der Waals surface area contributed by atoms with Crippen molar-refractivity contribution in [2.24, 2.45) is 0 Å². The Labute approximate surface area is 101 Å². The van der Waals surface area contributed by atoms with Crippen LogP contribution >= 0.6 is 0 Å². The first-order chi connectivity index (χ1) is 8.09. The fraction of sp³-hybridized carbons (Fsp3) is 0.538. The Hall–Kier alpha value is -0.970. The standard InChI is InChI=1S/C13H18FNO2/c1-10-2-3-12(14)6-11(10)7-15-8-13(16)4-5-17-9-13/h2-3,6,15-16H,4-5,7-9H2,1H3/t13-/m0/s1. The van der Waals surface area contributed by atoms with E-state index in [0.29, 0.717) is 32.7 Å². The fourth-order valence-corrected chi connectivity index (χ4v) is 2.00. The Morgan fingerprint density at radius 3 is 3.06 bits per heavy atom. The zero-order valence-electron chi connectivity index (χ0n) is 10.0. The Kier molecular flexibility index (Phi) is 3.76. The van der Waals surface area contributed by atoms with Crippen molar-refractivity contribution < 1.29 is 14.2 Å². The molecule has 0 bridgehead atoms. The van der Waals surface area contributed by atoms with Crippen molar-refractivity contribution in [1.82, 2.24) is 5.32 Å². The van der Waals surface area contributed by atoms with Crippen molar-refractivity contribution >= 4 is 0 Å². The van der Waals surface area contributed by atoms with E-state index in [1.165, 1.54) is 12.1 Å². The van der Waals surface area contributed by atoms with E-state index in [9.17, 15) is 9.50 Å². The minimum Gasteiger partial charge on any atom is -0.386 e. The summed E-state index contributed by atoms with van der Waals surface area (Å²) in [5.74, 6) is -0.227. The summed E-state index contributed by atoms with van der Waals surface area (Å²) in [5.41, 5.74) is 1.21. The number of halogens is 1. The molecule has 0 unspecified atom stereocenters. The third kappa shape index (κ3) is 3.25. The molecule has 0 aromatic heterocycles. The summed E-state index contributed by atoms with van der Waals surface area (Å²) < 4.78 is 18.2. The molecule has 2 N–H and O–H groups in total. The van der Waals surface area contributed by atoms with Crippen LogP contribution in [0.3, 0.4) is 0 Å². The van der Waals surface area contributed by atoms with Crippen molar-refractivity contribution in [2.75, 3.05) is 19.8 Å². The quantitative estimate of drug-likeness (QED) is 0.834. The zero-order chi connectivity index (χ0) is 12.3. The highest BCUT2D eigenvalue weighted by atomic mass is 19.1. The Morgan fingerprint density at radius 2 is 2.35 bits per heavy atom. The highest BCUT2D eigenvalue weighted by Gasteiger charge is 2.31. The van der Waals surface area contributed by atoms with Crippen LogP contribution < -0.4 is 5.32 Å². The maximum absolute atomic E-state index is 13.1. The predicted octanol–water partition coefficient (Wildman–Crippen LogP) is 1.38. The molecule has 2 rings (SSSR count). The van der Waals surface area contributed by atoms with Gasteiger partial charge in [-0.05, 0) is 30.2 Å². The van der Waals surface area contributed by atoms with Gasteiger partial charge in [-0.2, -0.15) is 0 Å². The molecular weight excluding hydrogens is 221 g/mol. The molecule has 0 amide bonds. The van der Waals surface area contributed by atoms with Crippen LogP contribution in [0.1, 0.15) is 17.5 Å². The van der Waals surface area contributed by atoms with Crippen LogP contribution in [0.2, 0.25) is 0 Å². The van der Waals surface area contributed by atoms with Gasteiger partial charge in [-0.15, -0.1) is 0 Å². The van der Waals surface area contributed by atoms with Crippen molar-refractivity contribution in [1.29, 1.82) is 0 Å². The van der Waals surface area contributed by atoms with Gasteiger partial charge in [0.15, 0.2) is 0 Å². The maximum Gasteiger partial charge on any atom is 0.123 e. The Bertz CT molecular complexity index is 389. The van der Waals surface area contributed by atoms with E-state index in [-0.39, 0.29) is 5.82 Å². The molecule has 1 aliphatic heterocycles. The van der Waals surface area contributed by atoms with Crippen LogP contribution in [0.5, 0.6) is 0 Å². The van der Waals surface area contributed by atoms with E-state index in [2.05, 4.69) is 5.32 Å². The van der Waals surface area contributed by atoms with Crippen molar-refractivity contribution in [2.45, 2.75) is 25.5 Å². The second-order valence-electron chi connectivity index (χ2n) is 4.70. The number of aryl methyl sites for hydroxylation is 1. The number of hydrogen-bond acceptors (Lipinski definition) is 3. The van der Waals surface area contributed by atoms with E-state index in [1.54, 1.807) is 6.07 Å². The molecule has 1 aromatic carbocycles. The largest absolute Gasteiger partial charge is 0.386 e. The molecule has 3 nitrogen and oxygen atoms in total. The minimum absolute atomic E-state index is 0.227. The highest BCUT2D eigenvalue weighted by molar-refractivity contribution is 5.26. The van der Waals surface area contributed by atoms with E-state index >= 15 is 0 Å². The highest BCUT2D eigenvalue weighted by Crippen LogP contribution is 2.17. The predicted molar refractivity (Wildman–Crippen MR) is 63.2 cm³/mol. The van der Waals surface area contributed by atoms with Gasteiger partial charge in [0, 0.05) is 26.1 Å². The van der Waals surface area contributed by atoms with Gasteiger partial charge in [-0.25, -0.2) is 4.39 Å². The molecule has 1 aliphatic rings. The fourth-order valence-electron chi connectivity index (χ4n) is 2.00. The third-order valence-electron chi connectivity index (χ3n) is 3.16. The number of rotatable bonds is 4. The Balaban J connectivity index is 1.87. The number of benzene rings is 1. The summed E-state index contributed by atoms with van der Waals surface area (Å²) in [4.78, 5) is 0. The molecule has 4 heteroatoms. The molecule has 0 spiro atoms. The Morgan fingerprint density at radius 1 is 1.53 bits per heavy atom. The second kappa shape index (κ2) is 5.12. The first-order valence-corrected chi connectivity index (χ1v) is 5.85. The summed E-state index contributed by atoms with van der Waals surface area (Å²) in [7, 11) is 0. The van der Waals surface area contributed by atoms with Gasteiger partial charge in [-0.3, -0.25) is 0 Å². The van der Waals surface area contributed by atoms with Crippen LogP contribution in [-0.4, -0.2) is 30.5 Å². The normalized spacial score (nSPS) is 24.2. The summed E-state index contributed by atoms with van der Waals surface area (Å²) in [6, 6.07) is 4.74. The van der Waals surface area contributed by atoms with Gasteiger partial charge in [0.25, 0.3) is 0 Å². The van der Waals surface area contributed by atoms with Crippen LogP contribution in [0.25, 0.3) is 0 Å². The van der Waals surface area contributed by atoms with E-state index in [1.807, 2.05) is 6.92 Å². The maximum atomic E-state index is 13.1. The monoisotopic (exact) mass is 239 g/mol. The van der Waals surface area contributed by atoms with Gasteiger partial charge in [-0.1, -0.05) is 6.07 Å². The van der Waals surface area contributed by atoms with Crippen molar-refractivity contribution in [3.8, 4) is 0 Å². The van der Waals surface area contributed by atoms with E-state index in [0.717, 1.165) is 11.1 Å². The van der Waals surface area contributed by atoms with Crippen LogP contribution in [-0.2, 0) is 11.3 Å². The average molecular weight is 239 g/mol. The van der Waals surface area contributed by atoms with Gasteiger partial charge in [0.05, 0.1) is 6.61 Å². The van der Waals surface area contributed by atoms with Crippen LogP contribution in [0, 0.1) is 12.7 Å². The summed E-state index contributed by atoms with van der Waals surface area (Å²) in [5, 5.41) is 13.2. The van der Waals surface area contributed by atoms with Gasteiger partial charge < -0.3 is 15.2 Å². The first-order valence-electron chi connectivity index (χ1n) is 5.85. The third-order valence-corrected chi connectivity index (χ3v) is 3.16. The molecule has 0 aliphatic carbocycles. The number of hydrogen-bond donors (Lipinski definition) is 2.